The van der Waals surface area contributed by atoms with Gasteiger partial charge in [-0.2, -0.15) is 0 Å². The molecule has 1 aliphatic carbocycles. The molecule has 2 rings (SSSR count). The van der Waals surface area contributed by atoms with Crippen molar-refractivity contribution in [1.82, 2.24) is 15.1 Å². The van der Waals surface area contributed by atoms with E-state index in [1.54, 1.807) is 7.05 Å². The van der Waals surface area contributed by atoms with E-state index in [9.17, 15) is 19.5 Å². The van der Waals surface area contributed by atoms with E-state index in [4.69, 9.17) is 0 Å². The lowest BCUT2D eigenvalue weighted by Crippen LogP contribution is -2.43. The van der Waals surface area contributed by atoms with Gasteiger partial charge in [0.1, 0.15) is 0 Å². The summed E-state index contributed by atoms with van der Waals surface area (Å²) in [5, 5.41) is 12.3. The Hall–Kier alpha value is -1.63. The number of hydrogen-bond donors (Lipinski definition) is 2. The zero-order chi connectivity index (χ0) is 17.0. The van der Waals surface area contributed by atoms with E-state index in [0.717, 1.165) is 19.3 Å². The number of amides is 2. The summed E-state index contributed by atoms with van der Waals surface area (Å²) < 4.78 is 0. The minimum Gasteiger partial charge on any atom is -0.481 e. The fourth-order valence-corrected chi connectivity index (χ4v) is 3.80. The summed E-state index contributed by atoms with van der Waals surface area (Å²) in [5.74, 6) is -0.895. The van der Waals surface area contributed by atoms with Crippen LogP contribution >= 0.6 is 0 Å². The summed E-state index contributed by atoms with van der Waals surface area (Å²) in [6.45, 7) is 3.90. The molecule has 1 saturated carbocycles. The predicted molar refractivity (Wildman–Crippen MR) is 84.8 cm³/mol. The second kappa shape index (κ2) is 7.29. The van der Waals surface area contributed by atoms with Crippen molar-refractivity contribution in [2.24, 2.45) is 11.3 Å². The van der Waals surface area contributed by atoms with Gasteiger partial charge in [0.25, 0.3) is 0 Å². The molecule has 1 heterocycles. The van der Waals surface area contributed by atoms with Crippen LogP contribution in [0.2, 0.25) is 0 Å². The first-order chi connectivity index (χ1) is 10.9. The average molecular weight is 325 g/mol. The number of nitrogens with zero attached hydrogens (tertiary/aromatic N) is 2. The maximum Gasteiger partial charge on any atom is 0.311 e. The summed E-state index contributed by atoms with van der Waals surface area (Å²) >= 11 is 0. The van der Waals surface area contributed by atoms with Gasteiger partial charge in [0.05, 0.1) is 18.5 Å². The number of nitrogens with one attached hydrogen (secondary N) is 1. The van der Waals surface area contributed by atoms with Gasteiger partial charge in [0.2, 0.25) is 11.8 Å². The smallest absolute Gasteiger partial charge is 0.311 e. The highest BCUT2D eigenvalue weighted by atomic mass is 16.4. The lowest BCUT2D eigenvalue weighted by Gasteiger charge is -2.24. The molecule has 1 aliphatic heterocycles. The zero-order valence-electron chi connectivity index (χ0n) is 14.0. The molecule has 1 saturated heterocycles. The molecule has 23 heavy (non-hydrogen) atoms. The summed E-state index contributed by atoms with van der Waals surface area (Å²) in [7, 11) is 1.61. The van der Waals surface area contributed by atoms with Crippen molar-refractivity contribution in [2.75, 3.05) is 39.8 Å². The lowest BCUT2D eigenvalue weighted by atomic mass is 9.81. The van der Waals surface area contributed by atoms with Gasteiger partial charge in [-0.05, 0) is 25.2 Å². The Kier molecular flexibility index (Phi) is 5.62. The number of carboxylic acids is 1. The Morgan fingerprint density at radius 3 is 2.74 bits per heavy atom. The molecule has 2 amide bonds. The molecule has 0 unspecified atom stereocenters. The molecule has 0 radical (unpaired) electrons. The van der Waals surface area contributed by atoms with Crippen LogP contribution in [-0.4, -0.2) is 72.5 Å². The second-order valence-corrected chi connectivity index (χ2v) is 6.82. The molecular formula is C16H27N3O4. The van der Waals surface area contributed by atoms with Gasteiger partial charge < -0.3 is 15.3 Å². The Labute approximate surface area is 137 Å². The number of rotatable bonds is 7. The van der Waals surface area contributed by atoms with E-state index >= 15 is 0 Å². The van der Waals surface area contributed by atoms with Crippen LogP contribution < -0.4 is 5.32 Å². The van der Waals surface area contributed by atoms with E-state index in [1.165, 1.54) is 4.90 Å². The summed E-state index contributed by atoms with van der Waals surface area (Å²) in [4.78, 5) is 38.9. The minimum atomic E-state index is -0.734. The largest absolute Gasteiger partial charge is 0.481 e. The van der Waals surface area contributed by atoms with Crippen molar-refractivity contribution in [3.8, 4) is 0 Å². The fraction of sp³-hybridized carbons (Fsp3) is 0.812. The van der Waals surface area contributed by atoms with Crippen molar-refractivity contribution in [1.29, 1.82) is 0 Å². The average Bonchev–Trinajstić information content (AvgIpc) is 3.02. The molecule has 130 valence electrons. The number of hydrogen-bond acceptors (Lipinski definition) is 4. The van der Waals surface area contributed by atoms with Crippen molar-refractivity contribution in [2.45, 2.75) is 32.6 Å². The SMILES string of the molecule is CCCNC(=O)CN(C)C(=O)CN1C[C@@H]2CCC[C@@]2(C(=O)O)C1. The third-order valence-corrected chi connectivity index (χ3v) is 5.10. The lowest BCUT2D eigenvalue weighted by molar-refractivity contribution is -0.149. The molecular weight excluding hydrogens is 298 g/mol. The molecule has 7 nitrogen and oxygen atoms in total. The number of carbonyl (C=O) groups is 3. The molecule has 2 N–H and O–H groups in total. The highest BCUT2D eigenvalue weighted by molar-refractivity contribution is 5.85. The highest BCUT2D eigenvalue weighted by Crippen LogP contribution is 2.48. The predicted octanol–water partition coefficient (Wildman–Crippen LogP) is 0.158. The summed E-state index contributed by atoms with van der Waals surface area (Å²) in [6.07, 6.45) is 3.44. The van der Waals surface area contributed by atoms with Crippen molar-refractivity contribution < 1.29 is 19.5 Å². The van der Waals surface area contributed by atoms with Crippen LogP contribution in [0.3, 0.4) is 0 Å². The highest BCUT2D eigenvalue weighted by Gasteiger charge is 2.54. The van der Waals surface area contributed by atoms with Crippen LogP contribution in [0.15, 0.2) is 0 Å². The number of likely N-dealkylation sites (N-methyl/N-ethyl adjacent to an activating group) is 1. The molecule has 7 heteroatoms. The third kappa shape index (κ3) is 3.83. The first kappa shape index (κ1) is 17.7. The molecule has 0 spiro atoms. The molecule has 2 fully saturated rings. The minimum absolute atomic E-state index is 0.0418. The Bertz CT molecular complexity index is 482. The van der Waals surface area contributed by atoms with E-state index in [-0.39, 0.29) is 30.8 Å². The van der Waals surface area contributed by atoms with Gasteiger partial charge in [-0.3, -0.25) is 19.3 Å². The molecule has 2 atom stereocenters. The third-order valence-electron chi connectivity index (χ3n) is 5.10. The Morgan fingerprint density at radius 2 is 2.13 bits per heavy atom. The summed E-state index contributed by atoms with van der Waals surface area (Å²) in [6, 6.07) is 0. The number of carbonyl (C=O) groups excluding carboxylic acids is 2. The van der Waals surface area contributed by atoms with Crippen molar-refractivity contribution in [3.05, 3.63) is 0 Å². The molecule has 0 aromatic carbocycles. The fourth-order valence-electron chi connectivity index (χ4n) is 3.80. The maximum absolute atomic E-state index is 12.3. The number of likely N-dealkylation sites (tertiary alicyclic amines) is 1. The molecule has 0 aromatic heterocycles. The maximum atomic E-state index is 12.3. The van der Waals surface area contributed by atoms with Crippen molar-refractivity contribution in [3.63, 3.8) is 0 Å². The molecule has 0 bridgehead atoms. The van der Waals surface area contributed by atoms with Crippen LogP contribution in [-0.2, 0) is 14.4 Å². The first-order valence-corrected chi connectivity index (χ1v) is 8.35. The Balaban J connectivity index is 1.84. The van der Waals surface area contributed by atoms with Crippen LogP contribution in [0, 0.1) is 11.3 Å². The van der Waals surface area contributed by atoms with E-state index in [1.807, 2.05) is 11.8 Å². The second-order valence-electron chi connectivity index (χ2n) is 6.82. The van der Waals surface area contributed by atoms with Gasteiger partial charge in [-0.25, -0.2) is 0 Å². The van der Waals surface area contributed by atoms with Crippen molar-refractivity contribution >= 4 is 17.8 Å². The van der Waals surface area contributed by atoms with Crippen LogP contribution in [0.4, 0.5) is 0 Å². The van der Waals surface area contributed by atoms with Crippen LogP contribution in [0.5, 0.6) is 0 Å². The number of fused-ring (bicyclic) bond motifs is 1. The van der Waals surface area contributed by atoms with Gasteiger partial charge in [-0.15, -0.1) is 0 Å². The first-order valence-electron chi connectivity index (χ1n) is 8.35. The standard InChI is InChI=1S/C16H27N3O4/c1-3-7-17-13(20)9-18(2)14(21)10-19-8-12-5-4-6-16(12,11-19)15(22)23/h12H,3-11H2,1-2H3,(H,17,20)(H,22,23)/t12-,16+/m0/s1. The quantitative estimate of drug-likeness (QED) is 0.696. The number of aliphatic carboxylic acids is 1. The molecule has 2 aliphatic rings. The van der Waals surface area contributed by atoms with Gasteiger partial charge in [-0.1, -0.05) is 13.3 Å². The van der Waals surface area contributed by atoms with Gasteiger partial charge in [0, 0.05) is 26.7 Å². The van der Waals surface area contributed by atoms with Gasteiger partial charge in [0.15, 0.2) is 0 Å². The van der Waals surface area contributed by atoms with E-state index in [0.29, 0.717) is 26.1 Å². The van der Waals surface area contributed by atoms with Crippen LogP contribution in [0.1, 0.15) is 32.6 Å². The van der Waals surface area contributed by atoms with E-state index < -0.39 is 11.4 Å². The zero-order valence-corrected chi connectivity index (χ0v) is 14.0. The topological polar surface area (TPSA) is 90.0 Å². The number of carboxylic acid groups (broad SMARTS) is 1. The van der Waals surface area contributed by atoms with Crippen LogP contribution in [0.25, 0.3) is 0 Å². The Morgan fingerprint density at radius 1 is 1.39 bits per heavy atom. The summed E-state index contributed by atoms with van der Waals surface area (Å²) in [5.41, 5.74) is -0.669. The van der Waals surface area contributed by atoms with E-state index in [2.05, 4.69) is 5.32 Å². The van der Waals surface area contributed by atoms with Gasteiger partial charge >= 0.3 is 5.97 Å². The normalized spacial score (nSPS) is 26.8. The monoisotopic (exact) mass is 325 g/mol. The molecule has 0 aromatic rings.